The van der Waals surface area contributed by atoms with Gasteiger partial charge < -0.3 is 81.6 Å². The second-order valence-corrected chi connectivity index (χ2v) is 16.8. The molecule has 0 aliphatic heterocycles. The average Bonchev–Trinajstić information content (AvgIpc) is 3.21. The van der Waals surface area contributed by atoms with Crippen molar-refractivity contribution in [1.29, 1.82) is 16.2 Å². The molecule has 0 aromatic carbocycles. The number of aliphatic hydroxyl groups excluding tert-OH is 1. The summed E-state index contributed by atoms with van der Waals surface area (Å²) in [5.41, 5.74) is 27.2. The quantitative estimate of drug-likeness (QED) is 0.0166. The van der Waals surface area contributed by atoms with Crippen molar-refractivity contribution in [1.82, 2.24) is 47.9 Å². The van der Waals surface area contributed by atoms with E-state index in [1.54, 1.807) is 20.8 Å². The number of guanidine groups is 3. The molecule has 25 heteroatoms. The largest absolute Gasteiger partial charge is 0.394 e. The van der Waals surface area contributed by atoms with Crippen molar-refractivity contribution in [3.8, 4) is 0 Å². The van der Waals surface area contributed by atoms with Crippen LogP contribution in [0.15, 0.2) is 0 Å². The Balaban J connectivity index is 6.73. The van der Waals surface area contributed by atoms with Crippen LogP contribution in [-0.4, -0.2) is 133 Å². The fourth-order valence-corrected chi connectivity index (χ4v) is 6.41. The number of carbonyl (C=O) groups excluding carboxylic acids is 7. The van der Waals surface area contributed by atoms with E-state index in [1.807, 2.05) is 13.8 Å². The maximum atomic E-state index is 14.2. The Hall–Kier alpha value is -5.98. The third-order valence-electron chi connectivity index (χ3n) is 9.92. The Kier molecular flexibility index (Phi) is 29.6. The lowest BCUT2D eigenvalue weighted by atomic mass is 9.99. The zero-order chi connectivity index (χ0) is 49.6. The predicted octanol–water partition coefficient (Wildman–Crippen LogP) is -3.98. The molecular weight excluding hydrogens is 847 g/mol. The molecule has 1 unspecified atom stereocenters. The molecule has 0 aliphatic rings. The van der Waals surface area contributed by atoms with Gasteiger partial charge in [0.05, 0.1) is 6.61 Å². The van der Waals surface area contributed by atoms with Crippen molar-refractivity contribution in [2.24, 2.45) is 46.4 Å². The monoisotopic (exact) mass is 926 g/mol. The summed E-state index contributed by atoms with van der Waals surface area (Å²) in [6, 6.07) is -7.52. The van der Waals surface area contributed by atoms with Crippen molar-refractivity contribution in [3.05, 3.63) is 0 Å². The molecule has 23 N–H and O–H groups in total. The van der Waals surface area contributed by atoms with Gasteiger partial charge in [0.1, 0.15) is 36.3 Å². The van der Waals surface area contributed by atoms with E-state index in [0.29, 0.717) is 25.8 Å². The Labute approximate surface area is 382 Å². The molecular formula is C40H79N17O8. The van der Waals surface area contributed by atoms with Gasteiger partial charge >= 0.3 is 0 Å². The van der Waals surface area contributed by atoms with Crippen LogP contribution in [0, 0.1) is 34.0 Å². The molecule has 25 nitrogen and oxygen atoms in total. The van der Waals surface area contributed by atoms with E-state index >= 15 is 0 Å². The first-order valence-corrected chi connectivity index (χ1v) is 22.2. The first kappa shape index (κ1) is 59.0. The van der Waals surface area contributed by atoms with E-state index in [4.69, 9.17) is 44.9 Å². The van der Waals surface area contributed by atoms with Crippen LogP contribution in [0.1, 0.15) is 105 Å². The van der Waals surface area contributed by atoms with Gasteiger partial charge in [0.15, 0.2) is 17.9 Å². The molecule has 372 valence electrons. The van der Waals surface area contributed by atoms with Crippen LogP contribution in [-0.2, 0) is 33.6 Å². The van der Waals surface area contributed by atoms with E-state index in [2.05, 4.69) is 47.9 Å². The third-order valence-corrected chi connectivity index (χ3v) is 9.92. The SMILES string of the molecule is CC(C)C[C@H](NC(=O)[C@H](CC(C)C)NC(=O)[C@H](CCCNC(=N)N)NC(=O)[C@H](CCCNC(=N)N)NC(=O)[C@H](CCCNC(=N)N)NC(=O)[C@@H](C)CCCCN)C(=O)NC(CO)C(N)=O. The van der Waals surface area contributed by atoms with Crippen LogP contribution in [0.2, 0.25) is 0 Å². The molecule has 0 saturated carbocycles. The number of primary amides is 1. The van der Waals surface area contributed by atoms with E-state index in [1.165, 1.54) is 0 Å². The molecule has 0 aromatic rings. The van der Waals surface area contributed by atoms with Gasteiger partial charge in [-0.05, 0) is 82.6 Å². The van der Waals surface area contributed by atoms with Crippen LogP contribution in [0.4, 0.5) is 0 Å². The fourth-order valence-electron chi connectivity index (χ4n) is 6.41. The zero-order valence-corrected chi connectivity index (χ0v) is 38.7. The second kappa shape index (κ2) is 32.6. The molecule has 7 atom stereocenters. The second-order valence-electron chi connectivity index (χ2n) is 16.8. The summed E-state index contributed by atoms with van der Waals surface area (Å²) in [5, 5.41) is 55.8. The van der Waals surface area contributed by atoms with Crippen molar-refractivity contribution in [2.45, 2.75) is 141 Å². The highest BCUT2D eigenvalue weighted by atomic mass is 16.3. The van der Waals surface area contributed by atoms with Crippen LogP contribution in [0.3, 0.4) is 0 Å². The van der Waals surface area contributed by atoms with E-state index in [0.717, 1.165) is 6.42 Å². The molecule has 0 fully saturated rings. The van der Waals surface area contributed by atoms with Gasteiger partial charge in [0.25, 0.3) is 0 Å². The average molecular weight is 926 g/mol. The van der Waals surface area contributed by atoms with Crippen molar-refractivity contribution < 1.29 is 38.7 Å². The third kappa shape index (κ3) is 27.1. The van der Waals surface area contributed by atoms with Crippen molar-refractivity contribution in [2.75, 3.05) is 32.8 Å². The minimum Gasteiger partial charge on any atom is -0.394 e. The summed E-state index contributed by atoms with van der Waals surface area (Å²) in [5.74, 6) is -6.80. The first-order chi connectivity index (χ1) is 30.5. The van der Waals surface area contributed by atoms with Crippen molar-refractivity contribution >= 4 is 59.2 Å². The summed E-state index contributed by atoms with van der Waals surface area (Å²) in [7, 11) is 0. The highest BCUT2D eigenvalue weighted by Gasteiger charge is 2.34. The number of aliphatic hydroxyl groups is 1. The predicted molar refractivity (Wildman–Crippen MR) is 246 cm³/mol. The Morgan fingerprint density at radius 3 is 1.05 bits per heavy atom. The smallest absolute Gasteiger partial charge is 0.243 e. The Morgan fingerprint density at radius 1 is 0.446 bits per heavy atom. The lowest BCUT2D eigenvalue weighted by molar-refractivity contribution is -0.136. The highest BCUT2D eigenvalue weighted by Crippen LogP contribution is 2.12. The van der Waals surface area contributed by atoms with Gasteiger partial charge in [0, 0.05) is 25.6 Å². The summed E-state index contributed by atoms with van der Waals surface area (Å²) in [4.78, 5) is 94.4. The minimum atomic E-state index is -1.40. The van der Waals surface area contributed by atoms with Gasteiger partial charge in [-0.2, -0.15) is 0 Å². The number of amides is 7. The maximum Gasteiger partial charge on any atom is 0.243 e. The molecule has 0 spiro atoms. The fraction of sp³-hybridized carbons (Fsp3) is 0.750. The van der Waals surface area contributed by atoms with Gasteiger partial charge in [-0.15, -0.1) is 0 Å². The normalized spacial score (nSPS) is 14.2. The number of nitrogens with two attached hydrogens (primary N) is 5. The molecule has 0 aliphatic carbocycles. The van der Waals surface area contributed by atoms with Gasteiger partial charge in [-0.3, -0.25) is 49.8 Å². The first-order valence-electron chi connectivity index (χ1n) is 22.2. The molecule has 0 rings (SSSR count). The number of hydrogen-bond donors (Lipinski definition) is 18. The van der Waals surface area contributed by atoms with Crippen LogP contribution in [0.5, 0.6) is 0 Å². The lowest BCUT2D eigenvalue weighted by Gasteiger charge is -2.28. The highest BCUT2D eigenvalue weighted by molar-refractivity contribution is 5.97. The topological polar surface area (TPSA) is 450 Å². The zero-order valence-electron chi connectivity index (χ0n) is 38.7. The molecule has 65 heavy (non-hydrogen) atoms. The van der Waals surface area contributed by atoms with Crippen LogP contribution in [0.25, 0.3) is 0 Å². The van der Waals surface area contributed by atoms with Crippen LogP contribution >= 0.6 is 0 Å². The molecule has 7 amide bonds. The van der Waals surface area contributed by atoms with E-state index in [-0.39, 0.29) is 100 Å². The molecule has 0 aromatic heterocycles. The number of unbranched alkanes of at least 4 members (excludes halogenated alkanes) is 1. The molecule has 0 bridgehead atoms. The van der Waals surface area contributed by atoms with Gasteiger partial charge in [-0.1, -0.05) is 41.0 Å². The number of carbonyl (C=O) groups is 7. The molecule has 0 saturated heterocycles. The van der Waals surface area contributed by atoms with Crippen molar-refractivity contribution in [3.63, 3.8) is 0 Å². The number of nitrogens with one attached hydrogen (secondary N) is 12. The van der Waals surface area contributed by atoms with E-state index in [9.17, 15) is 38.7 Å². The molecule has 0 radical (unpaired) electrons. The number of hydrogen-bond acceptors (Lipinski definition) is 12. The lowest BCUT2D eigenvalue weighted by Crippen LogP contribution is -2.60. The summed E-state index contributed by atoms with van der Waals surface area (Å²) in [6.45, 7) is 9.15. The summed E-state index contributed by atoms with van der Waals surface area (Å²) < 4.78 is 0. The Morgan fingerprint density at radius 2 is 0.754 bits per heavy atom. The standard InChI is InChI=1S/C40H79N17O8/c1-22(2)19-28(36(64)56-29(20-23(3)4)37(65)57-30(21-58)31(42)59)55-35(63)27(14-10-18-51-40(47)48)54-34(62)26(13-9-17-50-39(45)46)53-33(61)25(12-8-16-49-38(43)44)52-32(60)24(5)11-6-7-15-41/h22-30,58H,6-21,41H2,1-5H3,(H2,42,59)(H,52,60)(H,53,61)(H,54,62)(H,55,63)(H,56,64)(H,57,65)(H4,43,44,49)(H4,45,46,50)(H4,47,48,51)/t24-,25-,26-,27-,28-,29-,30?/m0/s1. The number of rotatable bonds is 34. The Bertz CT molecular complexity index is 1570. The van der Waals surface area contributed by atoms with E-state index < -0.39 is 84.2 Å². The molecule has 0 heterocycles. The maximum absolute atomic E-state index is 14.2. The van der Waals surface area contributed by atoms with Gasteiger partial charge in [-0.25, -0.2) is 0 Å². The minimum absolute atomic E-state index is 0.00922. The van der Waals surface area contributed by atoms with Gasteiger partial charge in [0.2, 0.25) is 41.4 Å². The summed E-state index contributed by atoms with van der Waals surface area (Å²) in [6.07, 6.45) is 2.96. The summed E-state index contributed by atoms with van der Waals surface area (Å²) >= 11 is 0. The van der Waals surface area contributed by atoms with Crippen LogP contribution < -0.4 is 76.5 Å².